The predicted molar refractivity (Wildman–Crippen MR) is 121 cm³/mol. The quantitative estimate of drug-likeness (QED) is 0.350. The highest BCUT2D eigenvalue weighted by Gasteiger charge is 2.18. The van der Waals surface area contributed by atoms with Gasteiger partial charge < -0.3 is 9.15 Å². The lowest BCUT2D eigenvalue weighted by Gasteiger charge is -2.13. The molecule has 3 nitrogen and oxygen atoms in total. The van der Waals surface area contributed by atoms with Gasteiger partial charge in [0.2, 0.25) is 11.2 Å². The van der Waals surface area contributed by atoms with E-state index >= 15 is 0 Å². The van der Waals surface area contributed by atoms with Gasteiger partial charge in [-0.15, -0.1) is 0 Å². The zero-order valence-corrected chi connectivity index (χ0v) is 16.6. The topological polar surface area (TPSA) is 39.4 Å². The minimum atomic E-state index is -0.157. The number of aryl methyl sites for hydroxylation is 1. The molecule has 1 aromatic heterocycles. The summed E-state index contributed by atoms with van der Waals surface area (Å²) < 4.78 is 12.3. The molecule has 0 spiro atoms. The van der Waals surface area contributed by atoms with Gasteiger partial charge in [-0.3, -0.25) is 4.79 Å². The fourth-order valence-corrected chi connectivity index (χ4v) is 3.76. The second-order valence-corrected chi connectivity index (χ2v) is 7.38. The van der Waals surface area contributed by atoms with E-state index in [1.54, 1.807) is 6.07 Å². The molecule has 5 aromatic rings. The second kappa shape index (κ2) is 7.53. The summed E-state index contributed by atoms with van der Waals surface area (Å²) >= 11 is 0. The Balaban J connectivity index is 1.65. The minimum absolute atomic E-state index is 0.157. The Kier molecular flexibility index (Phi) is 4.56. The summed E-state index contributed by atoms with van der Waals surface area (Å²) in [6.45, 7) is 2.26. The molecule has 1 heterocycles. The molecule has 0 aliphatic carbocycles. The maximum atomic E-state index is 13.3. The molecule has 0 unspecified atom stereocenters. The van der Waals surface area contributed by atoms with Crippen molar-refractivity contribution in [1.82, 2.24) is 0 Å². The van der Waals surface area contributed by atoms with Gasteiger partial charge in [0.25, 0.3) is 0 Å². The molecular formula is C27H20O3. The number of ether oxygens (including phenoxy) is 1. The molecule has 0 amide bonds. The van der Waals surface area contributed by atoms with Gasteiger partial charge in [-0.2, -0.15) is 0 Å². The monoisotopic (exact) mass is 392 g/mol. The lowest BCUT2D eigenvalue weighted by molar-refractivity contribution is 0.299. The van der Waals surface area contributed by atoms with Gasteiger partial charge in [0.05, 0.1) is 5.39 Å². The van der Waals surface area contributed by atoms with Crippen molar-refractivity contribution >= 4 is 21.7 Å². The SMILES string of the molecule is Cc1ccc2c(=O)c(OCc3cccc4ccccc34)c(-c3ccccc3)oc2c1. The first-order chi connectivity index (χ1) is 14.7. The van der Waals surface area contributed by atoms with E-state index in [-0.39, 0.29) is 17.8 Å². The first-order valence-electron chi connectivity index (χ1n) is 9.93. The largest absolute Gasteiger partial charge is 0.481 e. The van der Waals surface area contributed by atoms with Crippen LogP contribution in [0.5, 0.6) is 5.75 Å². The molecule has 0 N–H and O–H groups in total. The predicted octanol–water partition coefficient (Wildman–Crippen LogP) is 6.50. The Morgan fingerprint density at radius 2 is 1.57 bits per heavy atom. The van der Waals surface area contributed by atoms with E-state index in [4.69, 9.17) is 9.15 Å². The van der Waals surface area contributed by atoms with Crippen molar-refractivity contribution in [3.8, 4) is 17.1 Å². The van der Waals surface area contributed by atoms with Crippen molar-refractivity contribution in [2.24, 2.45) is 0 Å². The van der Waals surface area contributed by atoms with Gasteiger partial charge in [-0.1, -0.05) is 78.9 Å². The van der Waals surface area contributed by atoms with Gasteiger partial charge in [0.15, 0.2) is 5.76 Å². The van der Waals surface area contributed by atoms with E-state index < -0.39 is 0 Å². The Hall–Kier alpha value is -3.85. The summed E-state index contributed by atoms with van der Waals surface area (Å²) in [4.78, 5) is 13.3. The average molecular weight is 392 g/mol. The molecule has 0 aliphatic rings. The van der Waals surface area contributed by atoms with Crippen LogP contribution in [-0.2, 0) is 6.61 Å². The standard InChI is InChI=1S/C27H20O3/c1-18-14-15-23-24(16-18)30-26(20-9-3-2-4-10-20)27(25(23)28)29-17-21-12-7-11-19-8-5-6-13-22(19)21/h2-16H,17H2,1H3. The third-order valence-electron chi connectivity index (χ3n) is 5.29. The van der Waals surface area contributed by atoms with E-state index in [0.29, 0.717) is 16.7 Å². The molecule has 0 fully saturated rings. The first-order valence-corrected chi connectivity index (χ1v) is 9.93. The lowest BCUT2D eigenvalue weighted by Crippen LogP contribution is -2.10. The molecule has 0 saturated heterocycles. The van der Waals surface area contributed by atoms with Crippen molar-refractivity contribution in [3.63, 3.8) is 0 Å². The van der Waals surface area contributed by atoms with Crippen LogP contribution in [0.25, 0.3) is 33.1 Å². The Morgan fingerprint density at radius 1 is 0.800 bits per heavy atom. The van der Waals surface area contributed by atoms with Gasteiger partial charge in [-0.25, -0.2) is 0 Å². The van der Waals surface area contributed by atoms with Gasteiger partial charge in [0, 0.05) is 5.56 Å². The number of hydrogen-bond acceptors (Lipinski definition) is 3. The summed E-state index contributed by atoms with van der Waals surface area (Å²) in [5.74, 6) is 0.699. The molecule has 0 radical (unpaired) electrons. The molecular weight excluding hydrogens is 372 g/mol. The summed E-state index contributed by atoms with van der Waals surface area (Å²) in [6.07, 6.45) is 0. The van der Waals surface area contributed by atoms with Crippen LogP contribution in [0.4, 0.5) is 0 Å². The number of rotatable bonds is 4. The van der Waals surface area contributed by atoms with Crippen LogP contribution in [-0.4, -0.2) is 0 Å². The number of fused-ring (bicyclic) bond motifs is 2. The molecule has 146 valence electrons. The normalized spacial score (nSPS) is 11.1. The minimum Gasteiger partial charge on any atom is -0.481 e. The molecule has 0 atom stereocenters. The third-order valence-corrected chi connectivity index (χ3v) is 5.29. The van der Waals surface area contributed by atoms with E-state index in [9.17, 15) is 4.79 Å². The average Bonchev–Trinajstić information content (AvgIpc) is 2.78. The lowest BCUT2D eigenvalue weighted by atomic mass is 10.1. The third kappa shape index (κ3) is 3.25. The molecule has 0 saturated carbocycles. The summed E-state index contributed by atoms with van der Waals surface area (Å²) in [5, 5.41) is 2.78. The maximum Gasteiger partial charge on any atom is 0.235 e. The highest BCUT2D eigenvalue weighted by Crippen LogP contribution is 2.32. The van der Waals surface area contributed by atoms with E-state index in [1.807, 2.05) is 73.7 Å². The van der Waals surface area contributed by atoms with Gasteiger partial charge in [-0.05, 0) is 41.0 Å². The summed E-state index contributed by atoms with van der Waals surface area (Å²) in [7, 11) is 0. The Morgan fingerprint density at radius 3 is 2.43 bits per heavy atom. The second-order valence-electron chi connectivity index (χ2n) is 7.38. The molecule has 5 rings (SSSR count). The molecule has 0 aliphatic heterocycles. The first kappa shape index (κ1) is 18.2. The fraction of sp³-hybridized carbons (Fsp3) is 0.0741. The van der Waals surface area contributed by atoms with Crippen molar-refractivity contribution in [2.45, 2.75) is 13.5 Å². The zero-order valence-electron chi connectivity index (χ0n) is 16.6. The Labute approximate surface area is 174 Å². The maximum absolute atomic E-state index is 13.3. The van der Waals surface area contributed by atoms with Crippen LogP contribution in [0.15, 0.2) is 100 Å². The van der Waals surface area contributed by atoms with Crippen LogP contribution in [0, 0.1) is 6.92 Å². The molecule has 4 aromatic carbocycles. The molecule has 0 bridgehead atoms. The van der Waals surface area contributed by atoms with Gasteiger partial charge >= 0.3 is 0 Å². The number of benzene rings is 4. The van der Waals surface area contributed by atoms with Crippen LogP contribution in [0.2, 0.25) is 0 Å². The molecule has 30 heavy (non-hydrogen) atoms. The Bertz CT molecular complexity index is 1410. The van der Waals surface area contributed by atoms with Crippen molar-refractivity contribution in [3.05, 3.63) is 112 Å². The van der Waals surface area contributed by atoms with Crippen molar-refractivity contribution in [2.75, 3.05) is 0 Å². The summed E-state index contributed by atoms with van der Waals surface area (Å²) in [5.41, 5.74) is 3.28. The van der Waals surface area contributed by atoms with E-state index in [2.05, 4.69) is 18.2 Å². The highest BCUT2D eigenvalue weighted by molar-refractivity contribution is 5.86. The zero-order chi connectivity index (χ0) is 20.5. The van der Waals surface area contributed by atoms with Crippen LogP contribution < -0.4 is 10.2 Å². The van der Waals surface area contributed by atoms with Gasteiger partial charge in [0.1, 0.15) is 12.2 Å². The van der Waals surface area contributed by atoms with Crippen LogP contribution in [0.1, 0.15) is 11.1 Å². The fourth-order valence-electron chi connectivity index (χ4n) is 3.76. The summed E-state index contributed by atoms with van der Waals surface area (Å²) in [6, 6.07) is 29.5. The smallest absolute Gasteiger partial charge is 0.235 e. The van der Waals surface area contributed by atoms with Crippen LogP contribution in [0.3, 0.4) is 0 Å². The van der Waals surface area contributed by atoms with Crippen molar-refractivity contribution in [1.29, 1.82) is 0 Å². The van der Waals surface area contributed by atoms with Crippen LogP contribution >= 0.6 is 0 Å². The number of hydrogen-bond donors (Lipinski definition) is 0. The molecule has 3 heteroatoms. The van der Waals surface area contributed by atoms with E-state index in [1.165, 1.54) is 0 Å². The van der Waals surface area contributed by atoms with Crippen molar-refractivity contribution < 1.29 is 9.15 Å². The van der Waals surface area contributed by atoms with E-state index in [0.717, 1.165) is 27.5 Å². The highest BCUT2D eigenvalue weighted by atomic mass is 16.5.